The van der Waals surface area contributed by atoms with Gasteiger partial charge in [0.1, 0.15) is 0 Å². The van der Waals surface area contributed by atoms with E-state index in [-0.39, 0.29) is 5.91 Å². The van der Waals surface area contributed by atoms with Gasteiger partial charge in [0.15, 0.2) is 0 Å². The van der Waals surface area contributed by atoms with Gasteiger partial charge in [0.05, 0.1) is 19.1 Å². The van der Waals surface area contributed by atoms with Gasteiger partial charge < -0.3 is 15.4 Å². The molecule has 1 aromatic carbocycles. The quantitative estimate of drug-likeness (QED) is 0.798. The van der Waals surface area contributed by atoms with E-state index < -0.39 is 0 Å². The molecule has 0 aliphatic heterocycles. The Morgan fingerprint density at radius 1 is 1.37 bits per heavy atom. The van der Waals surface area contributed by atoms with Crippen molar-refractivity contribution in [2.45, 2.75) is 13.0 Å². The highest BCUT2D eigenvalue weighted by atomic mass is 16.5. The number of hydrogen-bond acceptors (Lipinski definition) is 4. The van der Waals surface area contributed by atoms with Crippen LogP contribution in [0.25, 0.3) is 0 Å². The summed E-state index contributed by atoms with van der Waals surface area (Å²) in [5.74, 6) is -0.0872. The van der Waals surface area contributed by atoms with Crippen molar-refractivity contribution in [2.75, 3.05) is 26.8 Å². The normalized spacial score (nSPS) is 9.95. The van der Waals surface area contributed by atoms with E-state index in [1.165, 1.54) is 0 Å². The first kappa shape index (κ1) is 15.2. The Balaban J connectivity index is 2.75. The second kappa shape index (κ2) is 8.25. The number of nitriles is 1. The molecular weight excluding hydrogens is 242 g/mol. The van der Waals surface area contributed by atoms with Crippen molar-refractivity contribution >= 4 is 5.91 Å². The molecule has 0 atom stereocenters. The molecule has 0 aromatic heterocycles. The lowest BCUT2D eigenvalue weighted by Crippen LogP contribution is -2.34. The van der Waals surface area contributed by atoms with Crippen LogP contribution < -0.4 is 5.73 Å². The van der Waals surface area contributed by atoms with Gasteiger partial charge in [-0.1, -0.05) is 12.1 Å². The molecule has 0 saturated heterocycles. The van der Waals surface area contributed by atoms with E-state index in [1.807, 2.05) is 18.2 Å². The second-order valence-corrected chi connectivity index (χ2v) is 4.09. The van der Waals surface area contributed by atoms with E-state index >= 15 is 0 Å². The Kier molecular flexibility index (Phi) is 6.58. The number of ether oxygens (including phenoxy) is 1. The van der Waals surface area contributed by atoms with E-state index in [1.54, 1.807) is 24.1 Å². The SMILES string of the molecule is COCCN(CCC#N)C(=O)c1ccc(CN)cc1. The molecule has 0 radical (unpaired) electrons. The maximum absolute atomic E-state index is 12.3. The summed E-state index contributed by atoms with van der Waals surface area (Å²) in [5, 5.41) is 8.63. The largest absolute Gasteiger partial charge is 0.383 e. The van der Waals surface area contributed by atoms with Gasteiger partial charge in [0.2, 0.25) is 0 Å². The molecule has 1 amide bonds. The Hall–Kier alpha value is -1.90. The first-order valence-electron chi connectivity index (χ1n) is 6.17. The predicted molar refractivity (Wildman–Crippen MR) is 72.3 cm³/mol. The van der Waals surface area contributed by atoms with Gasteiger partial charge in [-0.2, -0.15) is 5.26 Å². The Bertz CT molecular complexity index is 437. The number of hydrogen-bond donors (Lipinski definition) is 1. The number of carbonyl (C=O) groups is 1. The number of amides is 1. The molecule has 0 spiro atoms. The Morgan fingerprint density at radius 2 is 2.05 bits per heavy atom. The summed E-state index contributed by atoms with van der Waals surface area (Å²) in [5.41, 5.74) is 7.11. The number of benzene rings is 1. The summed E-state index contributed by atoms with van der Waals surface area (Å²) in [6.07, 6.45) is 0.316. The van der Waals surface area contributed by atoms with Gasteiger partial charge in [-0.05, 0) is 17.7 Å². The third-order valence-corrected chi connectivity index (χ3v) is 2.78. The third-order valence-electron chi connectivity index (χ3n) is 2.78. The summed E-state index contributed by atoms with van der Waals surface area (Å²) < 4.78 is 4.98. The molecule has 0 saturated carbocycles. The lowest BCUT2D eigenvalue weighted by atomic mass is 10.1. The molecule has 2 N–H and O–H groups in total. The minimum Gasteiger partial charge on any atom is -0.383 e. The van der Waals surface area contributed by atoms with Crippen molar-refractivity contribution in [3.05, 3.63) is 35.4 Å². The van der Waals surface area contributed by atoms with E-state index in [0.29, 0.717) is 38.2 Å². The molecule has 5 nitrogen and oxygen atoms in total. The van der Waals surface area contributed by atoms with Crippen LogP contribution in [-0.4, -0.2) is 37.6 Å². The van der Waals surface area contributed by atoms with E-state index in [4.69, 9.17) is 15.7 Å². The van der Waals surface area contributed by atoms with Crippen LogP contribution in [0.15, 0.2) is 24.3 Å². The van der Waals surface area contributed by atoms with Crippen LogP contribution in [-0.2, 0) is 11.3 Å². The highest BCUT2D eigenvalue weighted by Gasteiger charge is 2.14. The van der Waals surface area contributed by atoms with Gasteiger partial charge in [-0.15, -0.1) is 0 Å². The van der Waals surface area contributed by atoms with Gasteiger partial charge in [-0.25, -0.2) is 0 Å². The van der Waals surface area contributed by atoms with E-state index in [2.05, 4.69) is 0 Å². The van der Waals surface area contributed by atoms with E-state index in [0.717, 1.165) is 5.56 Å². The minimum atomic E-state index is -0.0872. The average molecular weight is 261 g/mol. The van der Waals surface area contributed by atoms with Gasteiger partial charge in [0.25, 0.3) is 5.91 Å². The molecule has 1 rings (SSSR count). The lowest BCUT2D eigenvalue weighted by molar-refractivity contribution is 0.0700. The monoisotopic (exact) mass is 261 g/mol. The first-order valence-corrected chi connectivity index (χ1v) is 6.17. The zero-order valence-corrected chi connectivity index (χ0v) is 11.1. The smallest absolute Gasteiger partial charge is 0.253 e. The highest BCUT2D eigenvalue weighted by Crippen LogP contribution is 2.08. The van der Waals surface area contributed by atoms with Crippen LogP contribution >= 0.6 is 0 Å². The third kappa shape index (κ3) is 4.70. The molecule has 0 unspecified atom stereocenters. The average Bonchev–Trinajstić information content (AvgIpc) is 2.47. The van der Waals surface area contributed by atoms with Crippen molar-refractivity contribution in [1.29, 1.82) is 5.26 Å². The standard InChI is InChI=1S/C14H19N3O2/c1-19-10-9-17(8-2-7-15)14(18)13-5-3-12(11-16)4-6-13/h3-6H,2,8-11,16H2,1H3. The number of nitrogens with zero attached hydrogens (tertiary/aromatic N) is 2. The lowest BCUT2D eigenvalue weighted by Gasteiger charge is -2.21. The molecule has 19 heavy (non-hydrogen) atoms. The van der Waals surface area contributed by atoms with Crippen molar-refractivity contribution in [1.82, 2.24) is 4.90 Å². The fourth-order valence-electron chi connectivity index (χ4n) is 1.67. The van der Waals surface area contributed by atoms with Gasteiger partial charge in [0, 0.05) is 32.3 Å². The summed E-state index contributed by atoms with van der Waals surface area (Å²) >= 11 is 0. The summed E-state index contributed by atoms with van der Waals surface area (Å²) in [6.45, 7) is 1.81. The van der Waals surface area contributed by atoms with Gasteiger partial charge in [-0.3, -0.25) is 4.79 Å². The predicted octanol–water partition coefficient (Wildman–Crippen LogP) is 1.15. The van der Waals surface area contributed by atoms with Crippen LogP contribution in [0.1, 0.15) is 22.3 Å². The molecule has 102 valence electrons. The number of rotatable bonds is 7. The summed E-state index contributed by atoms with van der Waals surface area (Å²) in [7, 11) is 1.59. The molecule has 0 aliphatic carbocycles. The first-order chi connectivity index (χ1) is 9.22. The maximum atomic E-state index is 12.3. The molecule has 0 bridgehead atoms. The zero-order chi connectivity index (χ0) is 14.1. The van der Waals surface area contributed by atoms with E-state index in [9.17, 15) is 4.79 Å². The fourth-order valence-corrected chi connectivity index (χ4v) is 1.67. The molecule has 0 aliphatic rings. The molecular formula is C14H19N3O2. The van der Waals surface area contributed by atoms with Crippen molar-refractivity contribution in [2.24, 2.45) is 5.73 Å². The Morgan fingerprint density at radius 3 is 2.58 bits per heavy atom. The van der Waals surface area contributed by atoms with Crippen LogP contribution in [0, 0.1) is 11.3 Å². The molecule has 5 heteroatoms. The highest BCUT2D eigenvalue weighted by molar-refractivity contribution is 5.94. The molecule has 0 fully saturated rings. The summed E-state index contributed by atoms with van der Waals surface area (Å²) in [4.78, 5) is 13.9. The minimum absolute atomic E-state index is 0.0872. The summed E-state index contributed by atoms with van der Waals surface area (Å²) in [6, 6.07) is 9.25. The number of carbonyl (C=O) groups excluding carboxylic acids is 1. The zero-order valence-electron chi connectivity index (χ0n) is 11.1. The van der Waals surface area contributed by atoms with Crippen LogP contribution in [0.3, 0.4) is 0 Å². The van der Waals surface area contributed by atoms with Crippen molar-refractivity contribution in [3.63, 3.8) is 0 Å². The fraction of sp³-hybridized carbons (Fsp3) is 0.429. The Labute approximate surface area is 113 Å². The number of methoxy groups -OCH3 is 1. The van der Waals surface area contributed by atoms with Crippen LogP contribution in [0.5, 0.6) is 0 Å². The molecule has 0 heterocycles. The van der Waals surface area contributed by atoms with Crippen LogP contribution in [0.2, 0.25) is 0 Å². The maximum Gasteiger partial charge on any atom is 0.253 e. The van der Waals surface area contributed by atoms with Crippen molar-refractivity contribution < 1.29 is 9.53 Å². The van der Waals surface area contributed by atoms with Crippen LogP contribution in [0.4, 0.5) is 0 Å². The van der Waals surface area contributed by atoms with Crippen molar-refractivity contribution in [3.8, 4) is 6.07 Å². The topological polar surface area (TPSA) is 79.3 Å². The molecule has 1 aromatic rings. The number of nitrogens with two attached hydrogens (primary N) is 1. The van der Waals surface area contributed by atoms with Gasteiger partial charge >= 0.3 is 0 Å². The second-order valence-electron chi connectivity index (χ2n) is 4.09.